The highest BCUT2D eigenvalue weighted by Gasteiger charge is 2.33. The van der Waals surface area contributed by atoms with E-state index in [1.807, 2.05) is 17.7 Å². The number of hydrogen-bond donors (Lipinski definition) is 0. The second kappa shape index (κ2) is 7.36. The maximum Gasteiger partial charge on any atom is 0.159 e. The fourth-order valence-electron chi connectivity index (χ4n) is 3.85. The van der Waals surface area contributed by atoms with Gasteiger partial charge in [-0.3, -0.25) is 4.68 Å². The van der Waals surface area contributed by atoms with Crippen molar-refractivity contribution < 1.29 is 0 Å². The van der Waals surface area contributed by atoms with Crippen molar-refractivity contribution in [3.63, 3.8) is 0 Å². The predicted octanol–water partition coefficient (Wildman–Crippen LogP) is 4.94. The molecule has 1 unspecified atom stereocenters. The number of aryl methyl sites for hydroxylation is 1. The van der Waals surface area contributed by atoms with E-state index in [2.05, 4.69) is 49.6 Å². The van der Waals surface area contributed by atoms with Gasteiger partial charge in [-0.05, 0) is 47.7 Å². The van der Waals surface area contributed by atoms with Crippen LogP contribution in [0.1, 0.15) is 44.0 Å². The van der Waals surface area contributed by atoms with E-state index in [1.165, 1.54) is 0 Å². The molecular weight excluding hydrogens is 428 g/mol. The Labute approximate surface area is 172 Å². The fourth-order valence-corrected chi connectivity index (χ4v) is 4.54. The summed E-state index contributed by atoms with van der Waals surface area (Å²) in [6.07, 6.45) is 5.50. The molecule has 0 saturated carbocycles. The third kappa shape index (κ3) is 3.43. The van der Waals surface area contributed by atoms with Crippen LogP contribution in [0.25, 0.3) is 11.0 Å². The molecule has 0 spiro atoms. The van der Waals surface area contributed by atoms with Gasteiger partial charge in [0.15, 0.2) is 5.82 Å². The van der Waals surface area contributed by atoms with E-state index in [-0.39, 0.29) is 6.04 Å². The summed E-state index contributed by atoms with van der Waals surface area (Å²) in [6.45, 7) is 8.12. The maximum atomic E-state index is 6.76. The molecule has 6 nitrogen and oxygen atoms in total. The van der Waals surface area contributed by atoms with Crippen LogP contribution in [0.5, 0.6) is 0 Å². The molecule has 0 aromatic carbocycles. The number of hydrogen-bond acceptors (Lipinski definition) is 5. The van der Waals surface area contributed by atoms with Gasteiger partial charge in [0.2, 0.25) is 0 Å². The average Bonchev–Trinajstić information content (AvgIpc) is 3.18. The second-order valence-electron chi connectivity index (χ2n) is 7.44. The minimum atomic E-state index is 0.155. The third-order valence-electron chi connectivity index (χ3n) is 4.93. The molecule has 1 aliphatic rings. The Kier molecular flexibility index (Phi) is 5.07. The fraction of sp³-hybridized carbons (Fsp3) is 0.474. The molecule has 8 heteroatoms. The molecule has 1 fully saturated rings. The van der Waals surface area contributed by atoms with E-state index in [0.29, 0.717) is 5.92 Å². The summed E-state index contributed by atoms with van der Waals surface area (Å²) in [5, 5.41) is 5.44. The van der Waals surface area contributed by atoms with Crippen LogP contribution in [0.4, 0.5) is 5.82 Å². The molecule has 1 atom stereocenters. The van der Waals surface area contributed by atoms with Crippen LogP contribution in [-0.2, 0) is 6.54 Å². The zero-order valence-electron chi connectivity index (χ0n) is 15.7. The highest BCUT2D eigenvalue weighted by Crippen LogP contribution is 2.41. The molecule has 0 aliphatic carbocycles. The van der Waals surface area contributed by atoms with Crippen molar-refractivity contribution in [2.75, 3.05) is 11.4 Å². The van der Waals surface area contributed by atoms with Crippen molar-refractivity contribution in [2.45, 2.75) is 46.2 Å². The van der Waals surface area contributed by atoms with E-state index < -0.39 is 0 Å². The number of aromatic nitrogens is 5. The van der Waals surface area contributed by atoms with Crippen LogP contribution in [0.2, 0.25) is 5.15 Å². The van der Waals surface area contributed by atoms with Gasteiger partial charge in [-0.1, -0.05) is 25.4 Å². The standard InChI is InChI=1S/C19H22BrClN6/c1-11(2)9-27-18(21)16(12(3)25-27)15-5-4-6-26(15)19-17-14(23-10-24-19)7-13(20)8-22-17/h7-8,10-11,15H,4-6,9H2,1-3H3. The molecule has 27 heavy (non-hydrogen) atoms. The lowest BCUT2D eigenvalue weighted by atomic mass is 10.1. The van der Waals surface area contributed by atoms with Gasteiger partial charge in [0.25, 0.3) is 0 Å². The largest absolute Gasteiger partial charge is 0.347 e. The first-order valence-corrected chi connectivity index (χ1v) is 10.4. The van der Waals surface area contributed by atoms with Gasteiger partial charge in [0, 0.05) is 29.3 Å². The molecule has 4 rings (SSSR count). The number of anilines is 1. The summed E-state index contributed by atoms with van der Waals surface area (Å²) >= 11 is 10.2. The molecule has 0 N–H and O–H groups in total. The van der Waals surface area contributed by atoms with Crippen molar-refractivity contribution in [2.24, 2.45) is 5.92 Å². The number of nitrogens with zero attached hydrogens (tertiary/aromatic N) is 6. The van der Waals surface area contributed by atoms with Gasteiger partial charge in [-0.15, -0.1) is 0 Å². The number of halogens is 2. The molecule has 3 aromatic heterocycles. The van der Waals surface area contributed by atoms with E-state index in [1.54, 1.807) is 12.5 Å². The van der Waals surface area contributed by atoms with Crippen LogP contribution in [0.3, 0.4) is 0 Å². The lowest BCUT2D eigenvalue weighted by molar-refractivity contribution is 0.481. The Bertz CT molecular complexity index is 986. The Hall–Kier alpha value is -1.73. The zero-order chi connectivity index (χ0) is 19.1. The summed E-state index contributed by atoms with van der Waals surface area (Å²) in [5.74, 6) is 1.35. The lowest BCUT2D eigenvalue weighted by Gasteiger charge is -2.26. The summed E-state index contributed by atoms with van der Waals surface area (Å²) in [6, 6.07) is 2.12. The van der Waals surface area contributed by atoms with Gasteiger partial charge < -0.3 is 4.90 Å². The van der Waals surface area contributed by atoms with E-state index in [4.69, 9.17) is 16.7 Å². The second-order valence-corrected chi connectivity index (χ2v) is 8.71. The van der Waals surface area contributed by atoms with Crippen LogP contribution in [0.15, 0.2) is 23.1 Å². The summed E-state index contributed by atoms with van der Waals surface area (Å²) in [7, 11) is 0. The van der Waals surface area contributed by atoms with Crippen LogP contribution in [0, 0.1) is 12.8 Å². The Balaban J connectivity index is 1.77. The Morgan fingerprint density at radius 1 is 1.30 bits per heavy atom. The molecule has 0 bridgehead atoms. The van der Waals surface area contributed by atoms with Gasteiger partial charge in [-0.25, -0.2) is 15.0 Å². The van der Waals surface area contributed by atoms with Crippen LogP contribution >= 0.6 is 27.5 Å². The van der Waals surface area contributed by atoms with Crippen LogP contribution in [-0.4, -0.2) is 31.3 Å². The summed E-state index contributed by atoms with van der Waals surface area (Å²) in [4.78, 5) is 15.8. The molecule has 3 aromatic rings. The SMILES string of the molecule is Cc1nn(CC(C)C)c(Cl)c1C1CCCN1c1ncnc2cc(Br)cnc12. The van der Waals surface area contributed by atoms with E-state index in [9.17, 15) is 0 Å². The van der Waals surface area contributed by atoms with Gasteiger partial charge in [0.05, 0.1) is 17.3 Å². The minimum absolute atomic E-state index is 0.155. The first-order chi connectivity index (χ1) is 13.0. The Morgan fingerprint density at radius 3 is 2.89 bits per heavy atom. The summed E-state index contributed by atoms with van der Waals surface area (Å²) < 4.78 is 2.84. The van der Waals surface area contributed by atoms with Crippen molar-refractivity contribution >= 4 is 44.4 Å². The number of rotatable bonds is 4. The number of pyridine rings is 1. The van der Waals surface area contributed by atoms with Gasteiger partial charge >= 0.3 is 0 Å². The van der Waals surface area contributed by atoms with Gasteiger partial charge in [-0.2, -0.15) is 5.10 Å². The predicted molar refractivity (Wildman–Crippen MR) is 111 cm³/mol. The molecule has 1 saturated heterocycles. The zero-order valence-corrected chi connectivity index (χ0v) is 18.0. The van der Waals surface area contributed by atoms with E-state index in [0.717, 1.165) is 63.7 Å². The molecule has 0 radical (unpaired) electrons. The van der Waals surface area contributed by atoms with Crippen molar-refractivity contribution in [1.29, 1.82) is 0 Å². The number of fused-ring (bicyclic) bond motifs is 1. The van der Waals surface area contributed by atoms with Crippen molar-refractivity contribution in [1.82, 2.24) is 24.7 Å². The third-order valence-corrected chi connectivity index (χ3v) is 5.76. The van der Waals surface area contributed by atoms with Crippen molar-refractivity contribution in [3.05, 3.63) is 39.5 Å². The van der Waals surface area contributed by atoms with E-state index >= 15 is 0 Å². The topological polar surface area (TPSA) is 59.7 Å². The minimum Gasteiger partial charge on any atom is -0.347 e. The average molecular weight is 450 g/mol. The quantitative estimate of drug-likeness (QED) is 0.564. The molecule has 1 aliphatic heterocycles. The highest BCUT2D eigenvalue weighted by atomic mass is 79.9. The normalized spacial score (nSPS) is 17.4. The van der Waals surface area contributed by atoms with Gasteiger partial charge in [0.1, 0.15) is 17.0 Å². The summed E-state index contributed by atoms with van der Waals surface area (Å²) in [5.41, 5.74) is 3.75. The first kappa shape index (κ1) is 18.6. The van der Waals surface area contributed by atoms with Crippen LogP contribution < -0.4 is 4.90 Å². The molecule has 4 heterocycles. The van der Waals surface area contributed by atoms with Crippen molar-refractivity contribution in [3.8, 4) is 0 Å². The molecule has 0 amide bonds. The maximum absolute atomic E-state index is 6.76. The Morgan fingerprint density at radius 2 is 2.11 bits per heavy atom. The smallest absolute Gasteiger partial charge is 0.159 e. The molecular formula is C19H22BrClN6. The lowest BCUT2D eigenvalue weighted by Crippen LogP contribution is -2.24. The molecule has 142 valence electrons. The monoisotopic (exact) mass is 448 g/mol. The highest BCUT2D eigenvalue weighted by molar-refractivity contribution is 9.10. The first-order valence-electron chi connectivity index (χ1n) is 9.21.